The molecule has 7 nitrogen and oxygen atoms in total. The van der Waals surface area contributed by atoms with E-state index in [4.69, 9.17) is 9.15 Å². The first-order valence-corrected chi connectivity index (χ1v) is 7.20. The molecule has 2 heterocycles. The Morgan fingerprint density at radius 3 is 2.48 bits per heavy atom. The van der Waals surface area contributed by atoms with Crippen molar-refractivity contribution in [3.8, 4) is 6.01 Å². The highest BCUT2D eigenvalue weighted by Crippen LogP contribution is 2.11. The van der Waals surface area contributed by atoms with Crippen molar-refractivity contribution in [2.45, 2.75) is 26.7 Å². The average Bonchev–Trinajstić information content (AvgIpc) is 2.99. The van der Waals surface area contributed by atoms with E-state index in [1.165, 1.54) is 0 Å². The van der Waals surface area contributed by atoms with Gasteiger partial charge in [-0.2, -0.15) is 15.0 Å². The van der Waals surface area contributed by atoms with Crippen LogP contribution in [0.4, 0.5) is 11.9 Å². The first-order valence-electron chi connectivity index (χ1n) is 7.20. The Hall–Kier alpha value is -2.31. The van der Waals surface area contributed by atoms with Gasteiger partial charge in [0, 0.05) is 19.5 Å². The zero-order valence-electron chi connectivity index (χ0n) is 12.4. The molecule has 7 heteroatoms. The molecule has 0 radical (unpaired) electrons. The van der Waals surface area contributed by atoms with Gasteiger partial charge in [-0.15, -0.1) is 0 Å². The van der Waals surface area contributed by atoms with Gasteiger partial charge >= 0.3 is 6.01 Å². The number of furan rings is 1. The van der Waals surface area contributed by atoms with Crippen molar-refractivity contribution in [2.75, 3.05) is 30.3 Å². The average molecular weight is 291 g/mol. The lowest BCUT2D eigenvalue weighted by molar-refractivity contribution is 0.312. The summed E-state index contributed by atoms with van der Waals surface area (Å²) in [6.45, 7) is 5.98. The quantitative estimate of drug-likeness (QED) is 0.733. The molecule has 2 aromatic heterocycles. The van der Waals surface area contributed by atoms with Crippen LogP contribution in [0.1, 0.15) is 26.0 Å². The molecule has 0 spiro atoms. The van der Waals surface area contributed by atoms with Gasteiger partial charge in [-0.25, -0.2) is 0 Å². The van der Waals surface area contributed by atoms with Gasteiger partial charge in [-0.05, 0) is 25.5 Å². The Morgan fingerprint density at radius 2 is 1.86 bits per heavy atom. The Balaban J connectivity index is 1.97. The summed E-state index contributed by atoms with van der Waals surface area (Å²) in [6, 6.07) is 4.14. The second-order valence-corrected chi connectivity index (χ2v) is 4.38. The summed E-state index contributed by atoms with van der Waals surface area (Å²) < 4.78 is 10.6. The molecule has 0 aliphatic heterocycles. The van der Waals surface area contributed by atoms with Crippen LogP contribution in [0.25, 0.3) is 0 Å². The monoisotopic (exact) mass is 291 g/mol. The Labute approximate surface area is 124 Å². The van der Waals surface area contributed by atoms with Crippen molar-refractivity contribution in [2.24, 2.45) is 0 Å². The van der Waals surface area contributed by atoms with Gasteiger partial charge in [-0.1, -0.05) is 6.92 Å². The van der Waals surface area contributed by atoms with Crippen molar-refractivity contribution < 1.29 is 9.15 Å². The Morgan fingerprint density at radius 1 is 1.10 bits per heavy atom. The van der Waals surface area contributed by atoms with Crippen LogP contribution in [-0.2, 0) is 6.42 Å². The second kappa shape index (κ2) is 8.08. The summed E-state index contributed by atoms with van der Waals surface area (Å²) in [7, 11) is 0. The zero-order valence-corrected chi connectivity index (χ0v) is 12.4. The summed E-state index contributed by atoms with van der Waals surface area (Å²) in [4.78, 5) is 12.7. The highest BCUT2D eigenvalue weighted by Gasteiger charge is 2.07. The van der Waals surface area contributed by atoms with E-state index in [-0.39, 0.29) is 0 Å². The lowest BCUT2D eigenvalue weighted by Crippen LogP contribution is -2.13. The van der Waals surface area contributed by atoms with E-state index < -0.39 is 0 Å². The van der Waals surface area contributed by atoms with Crippen molar-refractivity contribution in [1.29, 1.82) is 0 Å². The molecule has 0 amide bonds. The molecule has 114 valence electrons. The van der Waals surface area contributed by atoms with Crippen LogP contribution >= 0.6 is 0 Å². The first-order chi connectivity index (χ1) is 10.3. The van der Waals surface area contributed by atoms with Crippen molar-refractivity contribution >= 4 is 11.9 Å². The summed E-state index contributed by atoms with van der Waals surface area (Å²) in [5.41, 5.74) is 0. The van der Waals surface area contributed by atoms with Crippen molar-refractivity contribution in [1.82, 2.24) is 15.0 Å². The number of ether oxygens (including phenoxy) is 1. The fourth-order valence-electron chi connectivity index (χ4n) is 1.70. The minimum absolute atomic E-state index is 0.326. The van der Waals surface area contributed by atoms with Crippen molar-refractivity contribution in [3.05, 3.63) is 24.2 Å². The molecule has 2 N–H and O–H groups in total. The van der Waals surface area contributed by atoms with E-state index in [9.17, 15) is 0 Å². The predicted octanol–water partition coefficient (Wildman–Crippen LogP) is 2.34. The minimum atomic E-state index is 0.326. The summed E-state index contributed by atoms with van der Waals surface area (Å²) in [5.74, 6) is 1.94. The Bertz CT molecular complexity index is 530. The molecule has 2 rings (SSSR count). The maximum atomic E-state index is 5.36. The number of rotatable bonds is 9. The number of nitrogens with zero attached hydrogens (tertiary/aromatic N) is 3. The van der Waals surface area contributed by atoms with Gasteiger partial charge < -0.3 is 19.8 Å². The minimum Gasteiger partial charge on any atom is -0.469 e. The molecule has 21 heavy (non-hydrogen) atoms. The molecule has 0 fully saturated rings. The SMILES string of the molecule is CCCNc1nc(NCCc2ccco2)nc(OCC)n1. The van der Waals surface area contributed by atoms with Gasteiger partial charge in [0.1, 0.15) is 5.76 Å². The van der Waals surface area contributed by atoms with E-state index in [0.29, 0.717) is 31.1 Å². The molecule has 0 aliphatic rings. The first kappa shape index (κ1) is 15.1. The van der Waals surface area contributed by atoms with Crippen LogP contribution in [0, 0.1) is 0 Å². The topological polar surface area (TPSA) is 85.1 Å². The third-order valence-corrected chi connectivity index (χ3v) is 2.66. The number of hydrogen-bond acceptors (Lipinski definition) is 7. The van der Waals surface area contributed by atoms with Crippen LogP contribution in [0.3, 0.4) is 0 Å². The van der Waals surface area contributed by atoms with Gasteiger partial charge in [0.15, 0.2) is 0 Å². The molecular formula is C14H21N5O2. The third kappa shape index (κ3) is 4.94. The summed E-state index contributed by atoms with van der Waals surface area (Å²) in [5, 5.41) is 6.29. The number of nitrogens with one attached hydrogen (secondary N) is 2. The van der Waals surface area contributed by atoms with Crippen LogP contribution in [0.5, 0.6) is 6.01 Å². The standard InChI is InChI=1S/C14H21N5O2/c1-3-8-15-12-17-13(19-14(18-12)20-4-2)16-9-7-11-6-5-10-21-11/h5-6,10H,3-4,7-9H2,1-2H3,(H2,15,16,17,18,19). The molecule has 0 atom stereocenters. The van der Waals surface area contributed by atoms with Crippen LogP contribution in [0.2, 0.25) is 0 Å². The largest absolute Gasteiger partial charge is 0.469 e. The van der Waals surface area contributed by atoms with E-state index in [1.54, 1.807) is 6.26 Å². The van der Waals surface area contributed by atoms with E-state index >= 15 is 0 Å². The number of anilines is 2. The van der Waals surface area contributed by atoms with Gasteiger partial charge in [-0.3, -0.25) is 0 Å². The smallest absolute Gasteiger partial charge is 0.323 e. The van der Waals surface area contributed by atoms with Gasteiger partial charge in [0.05, 0.1) is 12.9 Å². The lowest BCUT2D eigenvalue weighted by Gasteiger charge is -2.09. The summed E-state index contributed by atoms with van der Waals surface area (Å²) in [6.07, 6.45) is 3.43. The maximum Gasteiger partial charge on any atom is 0.323 e. The summed E-state index contributed by atoms with van der Waals surface area (Å²) >= 11 is 0. The zero-order chi connectivity index (χ0) is 14.9. The third-order valence-electron chi connectivity index (χ3n) is 2.66. The maximum absolute atomic E-state index is 5.36. The normalized spacial score (nSPS) is 10.4. The van der Waals surface area contributed by atoms with E-state index in [0.717, 1.165) is 25.1 Å². The fourth-order valence-corrected chi connectivity index (χ4v) is 1.70. The molecule has 0 bridgehead atoms. The van der Waals surface area contributed by atoms with Crippen LogP contribution < -0.4 is 15.4 Å². The molecule has 0 saturated heterocycles. The van der Waals surface area contributed by atoms with Crippen LogP contribution in [0.15, 0.2) is 22.8 Å². The second-order valence-electron chi connectivity index (χ2n) is 4.38. The molecule has 0 aromatic carbocycles. The molecule has 0 aliphatic carbocycles. The van der Waals surface area contributed by atoms with E-state index in [1.807, 2.05) is 19.1 Å². The van der Waals surface area contributed by atoms with Gasteiger partial charge in [0.25, 0.3) is 0 Å². The lowest BCUT2D eigenvalue weighted by atomic mass is 10.3. The Kier molecular flexibility index (Phi) is 5.81. The molecule has 0 saturated carbocycles. The molecular weight excluding hydrogens is 270 g/mol. The number of hydrogen-bond donors (Lipinski definition) is 2. The van der Waals surface area contributed by atoms with Gasteiger partial charge in [0.2, 0.25) is 11.9 Å². The molecule has 2 aromatic rings. The number of aromatic nitrogens is 3. The highest BCUT2D eigenvalue weighted by molar-refractivity contribution is 5.35. The highest BCUT2D eigenvalue weighted by atomic mass is 16.5. The fraction of sp³-hybridized carbons (Fsp3) is 0.500. The van der Waals surface area contributed by atoms with Crippen LogP contribution in [-0.4, -0.2) is 34.6 Å². The van der Waals surface area contributed by atoms with E-state index in [2.05, 4.69) is 32.5 Å². The molecule has 0 unspecified atom stereocenters. The van der Waals surface area contributed by atoms with Crippen molar-refractivity contribution in [3.63, 3.8) is 0 Å². The predicted molar refractivity (Wildman–Crippen MR) is 80.7 cm³/mol.